The van der Waals surface area contributed by atoms with Gasteiger partial charge in [0.2, 0.25) is 17.6 Å². The Balaban J connectivity index is 1.67. The number of amides is 1. The van der Waals surface area contributed by atoms with Gasteiger partial charge in [-0.3, -0.25) is 10.1 Å². The number of aromatic nitrogens is 2. The topological polar surface area (TPSA) is 80.0 Å². The zero-order valence-corrected chi connectivity index (χ0v) is 13.6. The minimum atomic E-state index is -2.89. The van der Waals surface area contributed by atoms with Crippen molar-refractivity contribution in [3.8, 4) is 11.4 Å². The molecule has 2 aromatic rings. The second-order valence-corrected chi connectivity index (χ2v) is 6.14. The lowest BCUT2D eigenvalue weighted by atomic mass is 10.1. The van der Waals surface area contributed by atoms with E-state index in [1.807, 2.05) is 0 Å². The number of carbonyl (C=O) groups is 1. The molecule has 0 radical (unpaired) electrons. The molecule has 134 valence electrons. The molecule has 2 unspecified atom stereocenters. The molecular formula is C16H17F3N4O2. The molecule has 0 saturated carbocycles. The highest BCUT2D eigenvalue weighted by Gasteiger charge is 2.42. The summed E-state index contributed by atoms with van der Waals surface area (Å²) in [5.74, 6) is -3.56. The first-order valence-corrected chi connectivity index (χ1v) is 7.77. The molecule has 1 aliphatic heterocycles. The minimum Gasteiger partial charge on any atom is -0.343 e. The van der Waals surface area contributed by atoms with Crippen LogP contribution >= 0.6 is 0 Å². The lowest BCUT2D eigenvalue weighted by Crippen LogP contribution is -2.41. The number of carbonyl (C=O) groups excluding carboxylic acids is 1. The highest BCUT2D eigenvalue weighted by Crippen LogP contribution is 2.26. The van der Waals surface area contributed by atoms with Crippen molar-refractivity contribution >= 4 is 5.91 Å². The SMILES string of the molecule is Cc1ccc(-c2noc(C(C)NC(=O)C3CC(F)(F)CN3)n2)cc1F. The Kier molecular flexibility index (Phi) is 4.51. The second-order valence-electron chi connectivity index (χ2n) is 6.14. The maximum absolute atomic E-state index is 13.6. The number of aryl methyl sites for hydroxylation is 1. The molecule has 1 aromatic carbocycles. The van der Waals surface area contributed by atoms with E-state index in [9.17, 15) is 18.0 Å². The Hall–Kier alpha value is -2.42. The van der Waals surface area contributed by atoms with Crippen molar-refractivity contribution in [2.45, 2.75) is 38.3 Å². The van der Waals surface area contributed by atoms with E-state index < -0.39 is 42.7 Å². The van der Waals surface area contributed by atoms with E-state index in [4.69, 9.17) is 4.52 Å². The van der Waals surface area contributed by atoms with Crippen molar-refractivity contribution in [3.63, 3.8) is 0 Å². The fourth-order valence-corrected chi connectivity index (χ4v) is 2.54. The van der Waals surface area contributed by atoms with E-state index in [2.05, 4.69) is 20.8 Å². The van der Waals surface area contributed by atoms with Gasteiger partial charge in [-0.05, 0) is 25.5 Å². The van der Waals surface area contributed by atoms with Crippen molar-refractivity contribution in [1.29, 1.82) is 0 Å². The smallest absolute Gasteiger partial charge is 0.262 e. The van der Waals surface area contributed by atoms with Crippen LogP contribution in [0.15, 0.2) is 22.7 Å². The Bertz CT molecular complexity index is 793. The first-order valence-electron chi connectivity index (χ1n) is 7.77. The highest BCUT2D eigenvalue weighted by molar-refractivity contribution is 5.82. The molecule has 0 spiro atoms. The maximum atomic E-state index is 13.6. The third-order valence-electron chi connectivity index (χ3n) is 4.03. The van der Waals surface area contributed by atoms with E-state index in [0.29, 0.717) is 11.1 Å². The average molecular weight is 354 g/mol. The number of rotatable bonds is 4. The van der Waals surface area contributed by atoms with Crippen LogP contribution in [0, 0.1) is 12.7 Å². The van der Waals surface area contributed by atoms with Gasteiger partial charge in [0.05, 0.1) is 12.6 Å². The molecule has 25 heavy (non-hydrogen) atoms. The van der Waals surface area contributed by atoms with E-state index in [-0.39, 0.29) is 11.7 Å². The standard InChI is InChI=1S/C16H17F3N4O2/c1-8-3-4-10(5-11(8)17)13-22-15(25-23-13)9(2)21-14(24)12-6-16(18,19)7-20-12/h3-5,9,12,20H,6-7H2,1-2H3,(H,21,24). The van der Waals surface area contributed by atoms with Gasteiger partial charge in [0.1, 0.15) is 11.9 Å². The predicted molar refractivity (Wildman–Crippen MR) is 82.3 cm³/mol. The lowest BCUT2D eigenvalue weighted by molar-refractivity contribution is -0.124. The lowest BCUT2D eigenvalue weighted by Gasteiger charge is -2.14. The molecule has 6 nitrogen and oxygen atoms in total. The first-order chi connectivity index (χ1) is 11.7. The first kappa shape index (κ1) is 17.4. The molecule has 0 aliphatic carbocycles. The van der Waals surface area contributed by atoms with Gasteiger partial charge in [-0.2, -0.15) is 4.98 Å². The Morgan fingerprint density at radius 3 is 2.88 bits per heavy atom. The van der Waals surface area contributed by atoms with E-state index in [1.165, 1.54) is 6.07 Å². The second kappa shape index (κ2) is 6.47. The summed E-state index contributed by atoms with van der Waals surface area (Å²) in [6.45, 7) is 2.71. The molecule has 9 heteroatoms. The van der Waals surface area contributed by atoms with Gasteiger partial charge in [0.25, 0.3) is 5.92 Å². The van der Waals surface area contributed by atoms with Crippen molar-refractivity contribution in [3.05, 3.63) is 35.5 Å². The average Bonchev–Trinajstić information content (AvgIpc) is 3.16. The summed E-state index contributed by atoms with van der Waals surface area (Å²) in [5.41, 5.74) is 0.933. The quantitative estimate of drug-likeness (QED) is 0.881. The van der Waals surface area contributed by atoms with Crippen LogP contribution in [0.1, 0.15) is 30.8 Å². The van der Waals surface area contributed by atoms with Crippen LogP contribution in [0.4, 0.5) is 13.2 Å². The molecule has 0 bridgehead atoms. The Morgan fingerprint density at radius 1 is 1.48 bits per heavy atom. The predicted octanol–water partition coefficient (Wildman–Crippen LogP) is 2.36. The number of hydrogen-bond donors (Lipinski definition) is 2. The van der Waals surface area contributed by atoms with Crippen LogP contribution in [-0.2, 0) is 4.79 Å². The number of hydrogen-bond acceptors (Lipinski definition) is 5. The molecule has 1 fully saturated rings. The van der Waals surface area contributed by atoms with Crippen LogP contribution in [0.3, 0.4) is 0 Å². The van der Waals surface area contributed by atoms with Crippen molar-refractivity contribution in [1.82, 2.24) is 20.8 Å². The van der Waals surface area contributed by atoms with Crippen LogP contribution in [0.5, 0.6) is 0 Å². The van der Waals surface area contributed by atoms with Crippen molar-refractivity contribution < 1.29 is 22.5 Å². The molecule has 1 saturated heterocycles. The summed E-state index contributed by atoms with van der Waals surface area (Å²) in [4.78, 5) is 16.2. The monoisotopic (exact) mass is 354 g/mol. The van der Waals surface area contributed by atoms with Gasteiger partial charge in [0, 0.05) is 12.0 Å². The summed E-state index contributed by atoms with van der Waals surface area (Å²) < 4.78 is 45.0. The van der Waals surface area contributed by atoms with Crippen molar-refractivity contribution in [2.24, 2.45) is 0 Å². The number of alkyl halides is 2. The molecule has 2 heterocycles. The summed E-state index contributed by atoms with van der Waals surface area (Å²) in [5, 5.41) is 8.80. The number of halogens is 3. The van der Waals surface area contributed by atoms with Gasteiger partial charge in [-0.15, -0.1) is 0 Å². The van der Waals surface area contributed by atoms with Gasteiger partial charge < -0.3 is 9.84 Å². The third-order valence-corrected chi connectivity index (χ3v) is 4.03. The van der Waals surface area contributed by atoms with Crippen LogP contribution < -0.4 is 10.6 Å². The molecule has 2 atom stereocenters. The van der Waals surface area contributed by atoms with Crippen LogP contribution in [-0.4, -0.2) is 34.6 Å². The number of nitrogens with one attached hydrogen (secondary N) is 2. The van der Waals surface area contributed by atoms with E-state index in [0.717, 1.165) is 0 Å². The minimum absolute atomic E-state index is 0.106. The zero-order valence-electron chi connectivity index (χ0n) is 13.6. The number of benzene rings is 1. The molecule has 1 aliphatic rings. The molecule has 2 N–H and O–H groups in total. The molecule has 3 rings (SSSR count). The highest BCUT2D eigenvalue weighted by atomic mass is 19.3. The van der Waals surface area contributed by atoms with Gasteiger partial charge in [-0.1, -0.05) is 17.3 Å². The Labute approximate surface area is 141 Å². The summed E-state index contributed by atoms with van der Waals surface area (Å²) in [6, 6.07) is 2.90. The molecule has 1 aromatic heterocycles. The van der Waals surface area contributed by atoms with E-state index in [1.54, 1.807) is 26.0 Å². The normalized spacial score (nSPS) is 20.4. The van der Waals surface area contributed by atoms with Crippen molar-refractivity contribution in [2.75, 3.05) is 6.54 Å². The van der Waals surface area contributed by atoms with Gasteiger partial charge in [-0.25, -0.2) is 13.2 Å². The molecule has 1 amide bonds. The third kappa shape index (κ3) is 3.81. The maximum Gasteiger partial charge on any atom is 0.262 e. The fraction of sp³-hybridized carbons (Fsp3) is 0.438. The molecular weight excluding hydrogens is 337 g/mol. The number of nitrogens with zero attached hydrogens (tertiary/aromatic N) is 2. The van der Waals surface area contributed by atoms with Gasteiger partial charge >= 0.3 is 0 Å². The summed E-state index contributed by atoms with van der Waals surface area (Å²) in [7, 11) is 0. The largest absolute Gasteiger partial charge is 0.343 e. The summed E-state index contributed by atoms with van der Waals surface area (Å²) >= 11 is 0. The van der Waals surface area contributed by atoms with Crippen LogP contribution in [0.2, 0.25) is 0 Å². The van der Waals surface area contributed by atoms with E-state index >= 15 is 0 Å². The van der Waals surface area contributed by atoms with Crippen LogP contribution in [0.25, 0.3) is 11.4 Å². The zero-order chi connectivity index (χ0) is 18.2. The Morgan fingerprint density at radius 2 is 2.24 bits per heavy atom. The summed E-state index contributed by atoms with van der Waals surface area (Å²) in [6.07, 6.45) is -0.552. The fourth-order valence-electron chi connectivity index (χ4n) is 2.54. The van der Waals surface area contributed by atoms with Gasteiger partial charge in [0.15, 0.2) is 0 Å².